The first kappa shape index (κ1) is 9.65. The van der Waals surface area contributed by atoms with Gasteiger partial charge in [0.05, 0.1) is 0 Å². The summed E-state index contributed by atoms with van der Waals surface area (Å²) in [5, 5.41) is 0. The number of hydrogen-bond donors (Lipinski definition) is 0. The van der Waals surface area contributed by atoms with E-state index in [2.05, 4.69) is 20.9 Å². The molecule has 0 aromatic carbocycles. The van der Waals surface area contributed by atoms with Gasteiger partial charge >= 0.3 is 0 Å². The van der Waals surface area contributed by atoms with E-state index >= 15 is 0 Å². The van der Waals surface area contributed by atoms with E-state index in [1.54, 1.807) is 18.1 Å². The lowest BCUT2D eigenvalue weighted by Crippen LogP contribution is -2.28. The van der Waals surface area contributed by atoms with Gasteiger partial charge in [0, 0.05) is 23.6 Å². The van der Waals surface area contributed by atoms with Crippen LogP contribution in [0.15, 0.2) is 22.8 Å². The fourth-order valence-corrected chi connectivity index (χ4v) is 1.52. The van der Waals surface area contributed by atoms with Gasteiger partial charge in [0.2, 0.25) is 5.91 Å². The van der Waals surface area contributed by atoms with E-state index in [4.69, 9.17) is 0 Å². The summed E-state index contributed by atoms with van der Waals surface area (Å²) in [7, 11) is 1.77. The first-order valence-corrected chi connectivity index (χ1v) is 5.37. The molecular formula is C10H11BrN2O. The number of hydrogen-bond acceptors (Lipinski definition) is 2. The monoisotopic (exact) mass is 254 g/mol. The maximum absolute atomic E-state index is 11.7. The van der Waals surface area contributed by atoms with Crippen LogP contribution in [0, 0.1) is 5.92 Å². The Morgan fingerprint density at radius 3 is 2.79 bits per heavy atom. The number of halogens is 1. The van der Waals surface area contributed by atoms with Crippen molar-refractivity contribution in [1.29, 1.82) is 0 Å². The van der Waals surface area contributed by atoms with Crippen LogP contribution in [0.1, 0.15) is 12.8 Å². The van der Waals surface area contributed by atoms with Crippen LogP contribution in [-0.2, 0) is 4.79 Å². The Bertz CT molecular complexity index is 346. The number of anilines is 1. The van der Waals surface area contributed by atoms with Gasteiger partial charge in [-0.15, -0.1) is 0 Å². The molecule has 74 valence electrons. The number of nitrogens with zero attached hydrogens (tertiary/aromatic N) is 2. The number of rotatable bonds is 2. The Hall–Kier alpha value is -0.900. The molecule has 0 N–H and O–H groups in total. The van der Waals surface area contributed by atoms with Crippen LogP contribution in [0.3, 0.4) is 0 Å². The molecule has 3 nitrogen and oxygen atoms in total. The zero-order valence-corrected chi connectivity index (χ0v) is 9.49. The highest BCUT2D eigenvalue weighted by molar-refractivity contribution is 9.10. The standard InChI is InChI=1S/C10H11BrN2O/c1-13(10(14)7-2-3-7)9-5-4-8(11)6-12-9/h4-7H,2-3H2,1H3. The minimum absolute atomic E-state index is 0.180. The fourth-order valence-electron chi connectivity index (χ4n) is 1.28. The molecule has 0 radical (unpaired) electrons. The zero-order valence-electron chi connectivity index (χ0n) is 7.90. The van der Waals surface area contributed by atoms with Crippen LogP contribution >= 0.6 is 15.9 Å². The van der Waals surface area contributed by atoms with Crippen molar-refractivity contribution in [1.82, 2.24) is 4.98 Å². The van der Waals surface area contributed by atoms with E-state index in [1.807, 2.05) is 12.1 Å². The second-order valence-electron chi connectivity index (χ2n) is 3.51. The SMILES string of the molecule is CN(C(=O)C1CC1)c1ccc(Br)cn1. The van der Waals surface area contributed by atoms with Gasteiger partial charge in [-0.25, -0.2) is 4.98 Å². The lowest BCUT2D eigenvalue weighted by Gasteiger charge is -2.15. The van der Waals surface area contributed by atoms with Gasteiger partial charge in [0.25, 0.3) is 0 Å². The highest BCUT2D eigenvalue weighted by atomic mass is 79.9. The molecule has 14 heavy (non-hydrogen) atoms. The molecule has 1 aliphatic rings. The zero-order chi connectivity index (χ0) is 10.1. The third-order valence-electron chi connectivity index (χ3n) is 2.31. The predicted octanol–water partition coefficient (Wildman–Crippen LogP) is 2.22. The van der Waals surface area contributed by atoms with Gasteiger partial charge in [-0.05, 0) is 40.9 Å². The molecule has 4 heteroatoms. The van der Waals surface area contributed by atoms with Crippen LogP contribution in [0.25, 0.3) is 0 Å². The van der Waals surface area contributed by atoms with E-state index in [-0.39, 0.29) is 11.8 Å². The number of aromatic nitrogens is 1. The summed E-state index contributed by atoms with van der Waals surface area (Å²) in [6, 6.07) is 3.73. The molecule has 0 bridgehead atoms. The normalized spacial score (nSPS) is 15.3. The summed E-state index contributed by atoms with van der Waals surface area (Å²) < 4.78 is 0.925. The maximum atomic E-state index is 11.7. The van der Waals surface area contributed by atoms with Crippen molar-refractivity contribution in [3.63, 3.8) is 0 Å². The van der Waals surface area contributed by atoms with Crippen LogP contribution in [0.5, 0.6) is 0 Å². The van der Waals surface area contributed by atoms with Crippen LogP contribution in [0.4, 0.5) is 5.82 Å². The number of pyridine rings is 1. The van der Waals surface area contributed by atoms with Crippen LogP contribution in [-0.4, -0.2) is 17.9 Å². The van der Waals surface area contributed by atoms with E-state index in [0.29, 0.717) is 5.82 Å². The van der Waals surface area contributed by atoms with Gasteiger partial charge in [-0.3, -0.25) is 9.69 Å². The van der Waals surface area contributed by atoms with E-state index in [1.165, 1.54) is 0 Å². The van der Waals surface area contributed by atoms with E-state index < -0.39 is 0 Å². The summed E-state index contributed by atoms with van der Waals surface area (Å²) in [6.07, 6.45) is 3.76. The van der Waals surface area contributed by atoms with Crippen molar-refractivity contribution in [2.75, 3.05) is 11.9 Å². The van der Waals surface area contributed by atoms with E-state index in [9.17, 15) is 4.79 Å². The van der Waals surface area contributed by atoms with Crippen LogP contribution in [0.2, 0.25) is 0 Å². The Labute approximate surface area is 91.3 Å². The van der Waals surface area contributed by atoms with Crippen molar-refractivity contribution in [3.8, 4) is 0 Å². The maximum Gasteiger partial charge on any atom is 0.230 e. The minimum atomic E-state index is 0.180. The molecule has 1 aliphatic carbocycles. The average molecular weight is 255 g/mol. The van der Waals surface area contributed by atoms with Crippen molar-refractivity contribution >= 4 is 27.7 Å². The number of carbonyl (C=O) groups excluding carboxylic acids is 1. The van der Waals surface area contributed by atoms with Gasteiger partial charge in [-0.1, -0.05) is 0 Å². The number of amides is 1. The molecule has 1 fully saturated rings. The summed E-state index contributed by atoms with van der Waals surface area (Å²) >= 11 is 3.31. The Morgan fingerprint density at radius 1 is 1.57 bits per heavy atom. The molecule has 1 aromatic heterocycles. The highest BCUT2D eigenvalue weighted by Gasteiger charge is 2.32. The van der Waals surface area contributed by atoms with Gasteiger partial charge < -0.3 is 0 Å². The lowest BCUT2D eigenvalue weighted by atomic mass is 10.3. The molecule has 0 atom stereocenters. The largest absolute Gasteiger partial charge is 0.300 e. The summed E-state index contributed by atoms with van der Waals surface area (Å²) in [5.74, 6) is 1.13. The average Bonchev–Trinajstić information content (AvgIpc) is 3.00. The molecule has 0 spiro atoms. The molecular weight excluding hydrogens is 244 g/mol. The van der Waals surface area contributed by atoms with Gasteiger partial charge in [0.15, 0.2) is 0 Å². The molecule has 0 unspecified atom stereocenters. The van der Waals surface area contributed by atoms with Crippen molar-refractivity contribution < 1.29 is 4.79 Å². The topological polar surface area (TPSA) is 33.2 Å². The first-order valence-electron chi connectivity index (χ1n) is 4.57. The lowest BCUT2D eigenvalue weighted by molar-refractivity contribution is -0.119. The Morgan fingerprint density at radius 2 is 2.29 bits per heavy atom. The number of carbonyl (C=O) groups is 1. The molecule has 1 heterocycles. The van der Waals surface area contributed by atoms with Crippen molar-refractivity contribution in [3.05, 3.63) is 22.8 Å². The highest BCUT2D eigenvalue weighted by Crippen LogP contribution is 2.31. The fraction of sp³-hybridized carbons (Fsp3) is 0.400. The molecule has 1 aromatic rings. The molecule has 0 aliphatic heterocycles. The molecule has 1 saturated carbocycles. The van der Waals surface area contributed by atoms with Gasteiger partial charge in [-0.2, -0.15) is 0 Å². The smallest absolute Gasteiger partial charge is 0.230 e. The Balaban J connectivity index is 2.13. The molecule has 2 rings (SSSR count). The summed E-state index contributed by atoms with van der Waals surface area (Å²) in [6.45, 7) is 0. The second kappa shape index (κ2) is 3.69. The summed E-state index contributed by atoms with van der Waals surface area (Å²) in [5.41, 5.74) is 0. The van der Waals surface area contributed by atoms with Crippen molar-refractivity contribution in [2.45, 2.75) is 12.8 Å². The minimum Gasteiger partial charge on any atom is -0.300 e. The van der Waals surface area contributed by atoms with Gasteiger partial charge in [0.1, 0.15) is 5.82 Å². The summed E-state index contributed by atoms with van der Waals surface area (Å²) in [4.78, 5) is 17.5. The quantitative estimate of drug-likeness (QED) is 0.811. The molecule has 0 saturated heterocycles. The van der Waals surface area contributed by atoms with Crippen LogP contribution < -0.4 is 4.90 Å². The third kappa shape index (κ3) is 1.95. The first-order chi connectivity index (χ1) is 6.68. The van der Waals surface area contributed by atoms with Crippen molar-refractivity contribution in [2.24, 2.45) is 5.92 Å². The molecule has 1 amide bonds. The van der Waals surface area contributed by atoms with E-state index in [0.717, 1.165) is 17.3 Å². The predicted molar refractivity (Wildman–Crippen MR) is 58.1 cm³/mol. The Kier molecular flexibility index (Phi) is 2.54. The third-order valence-corrected chi connectivity index (χ3v) is 2.78. The second-order valence-corrected chi connectivity index (χ2v) is 4.42.